The van der Waals surface area contributed by atoms with Gasteiger partial charge in [0.25, 0.3) is 0 Å². The SMILES string of the molecule is C/C=C/COc1cc(C)c(OCC#CCOc2cccc(/C=N\OC)c2)c(C)c1.CC. The van der Waals surface area contributed by atoms with E-state index >= 15 is 0 Å². The minimum Gasteiger partial charge on any atom is -0.490 e. The maximum absolute atomic E-state index is 5.83. The summed E-state index contributed by atoms with van der Waals surface area (Å²) >= 11 is 0. The molecule has 0 aromatic heterocycles. The lowest BCUT2D eigenvalue weighted by molar-refractivity contribution is 0.215. The maximum Gasteiger partial charge on any atom is 0.149 e. The molecular weight excluding hydrogens is 390 g/mol. The Kier molecular flexibility index (Phi) is 12.8. The molecule has 0 aliphatic carbocycles. The number of hydrogen-bond acceptors (Lipinski definition) is 5. The van der Waals surface area contributed by atoms with E-state index in [4.69, 9.17) is 14.2 Å². The smallest absolute Gasteiger partial charge is 0.149 e. The molecule has 0 saturated carbocycles. The Hall–Kier alpha value is -3.39. The van der Waals surface area contributed by atoms with Crippen LogP contribution in [-0.2, 0) is 4.84 Å². The molecular formula is C26H33NO4. The Bertz CT molecular complexity index is 884. The summed E-state index contributed by atoms with van der Waals surface area (Å²) in [6, 6.07) is 11.5. The van der Waals surface area contributed by atoms with Gasteiger partial charge in [-0.1, -0.05) is 55.1 Å². The maximum atomic E-state index is 5.83. The number of hydrogen-bond donors (Lipinski definition) is 0. The average molecular weight is 424 g/mol. The van der Waals surface area contributed by atoms with Crippen molar-refractivity contribution in [3.8, 4) is 29.1 Å². The van der Waals surface area contributed by atoms with E-state index in [-0.39, 0.29) is 6.61 Å². The molecule has 0 unspecified atom stereocenters. The highest BCUT2D eigenvalue weighted by Crippen LogP contribution is 2.28. The van der Waals surface area contributed by atoms with Crippen molar-refractivity contribution in [1.82, 2.24) is 0 Å². The van der Waals surface area contributed by atoms with Crippen LogP contribution in [-0.4, -0.2) is 33.1 Å². The number of allylic oxidation sites excluding steroid dienone is 1. The van der Waals surface area contributed by atoms with Crippen molar-refractivity contribution < 1.29 is 19.0 Å². The minimum absolute atomic E-state index is 0.282. The molecule has 0 radical (unpaired) electrons. The van der Waals surface area contributed by atoms with Gasteiger partial charge < -0.3 is 19.0 Å². The van der Waals surface area contributed by atoms with Crippen LogP contribution in [0, 0.1) is 25.7 Å². The molecule has 5 heteroatoms. The zero-order valence-electron chi connectivity index (χ0n) is 19.4. The first-order valence-electron chi connectivity index (χ1n) is 10.4. The highest BCUT2D eigenvalue weighted by Gasteiger charge is 2.06. The zero-order valence-corrected chi connectivity index (χ0v) is 19.4. The van der Waals surface area contributed by atoms with E-state index in [9.17, 15) is 0 Å². The molecule has 5 nitrogen and oxygen atoms in total. The highest BCUT2D eigenvalue weighted by atomic mass is 16.6. The van der Waals surface area contributed by atoms with Crippen LogP contribution in [0.5, 0.6) is 17.2 Å². The summed E-state index contributed by atoms with van der Waals surface area (Å²) < 4.78 is 17.2. The van der Waals surface area contributed by atoms with Gasteiger partial charge >= 0.3 is 0 Å². The molecule has 0 atom stereocenters. The summed E-state index contributed by atoms with van der Waals surface area (Å²) in [7, 11) is 1.50. The first-order valence-corrected chi connectivity index (χ1v) is 10.4. The van der Waals surface area contributed by atoms with Gasteiger partial charge in [0.15, 0.2) is 0 Å². The van der Waals surface area contributed by atoms with Crippen molar-refractivity contribution in [1.29, 1.82) is 0 Å². The third kappa shape index (κ3) is 9.77. The van der Waals surface area contributed by atoms with Crippen LogP contribution in [0.15, 0.2) is 53.7 Å². The first-order chi connectivity index (χ1) is 15.1. The molecule has 0 bridgehead atoms. The molecule has 0 aliphatic heterocycles. The second kappa shape index (κ2) is 15.4. The van der Waals surface area contributed by atoms with E-state index in [0.29, 0.717) is 13.2 Å². The average Bonchev–Trinajstić information content (AvgIpc) is 2.78. The van der Waals surface area contributed by atoms with Gasteiger partial charge in [-0.05, 0) is 61.7 Å². The second-order valence-corrected chi connectivity index (χ2v) is 6.19. The van der Waals surface area contributed by atoms with Crippen LogP contribution < -0.4 is 14.2 Å². The Balaban J connectivity index is 0.00000233. The first kappa shape index (κ1) is 25.6. The Morgan fingerprint density at radius 1 is 0.903 bits per heavy atom. The third-order valence-corrected chi connectivity index (χ3v) is 3.91. The molecule has 0 amide bonds. The van der Waals surface area contributed by atoms with Crippen molar-refractivity contribution in [3.63, 3.8) is 0 Å². The van der Waals surface area contributed by atoms with Crippen LogP contribution in [0.3, 0.4) is 0 Å². The Morgan fingerprint density at radius 3 is 2.23 bits per heavy atom. The van der Waals surface area contributed by atoms with Crippen LogP contribution in [0.1, 0.15) is 37.5 Å². The molecule has 2 aromatic carbocycles. The lowest BCUT2D eigenvalue weighted by atomic mass is 10.1. The fraction of sp³-hybridized carbons (Fsp3) is 0.346. The monoisotopic (exact) mass is 423 g/mol. The van der Waals surface area contributed by atoms with E-state index in [2.05, 4.69) is 21.8 Å². The number of benzene rings is 2. The lowest BCUT2D eigenvalue weighted by Gasteiger charge is -2.12. The van der Waals surface area contributed by atoms with Gasteiger partial charge in [0.2, 0.25) is 0 Å². The van der Waals surface area contributed by atoms with Gasteiger partial charge in [-0.15, -0.1) is 0 Å². The largest absolute Gasteiger partial charge is 0.490 e. The summed E-state index contributed by atoms with van der Waals surface area (Å²) in [5, 5.41) is 3.73. The molecule has 31 heavy (non-hydrogen) atoms. The molecule has 0 heterocycles. The summed E-state index contributed by atoms with van der Waals surface area (Å²) in [4.78, 5) is 4.68. The van der Waals surface area contributed by atoms with E-state index in [1.54, 1.807) is 6.21 Å². The molecule has 0 aliphatic rings. The number of oxime groups is 1. The number of nitrogens with zero attached hydrogens (tertiary/aromatic N) is 1. The van der Waals surface area contributed by atoms with Crippen LogP contribution in [0.25, 0.3) is 0 Å². The van der Waals surface area contributed by atoms with E-state index in [1.165, 1.54) is 7.11 Å². The second-order valence-electron chi connectivity index (χ2n) is 6.19. The number of rotatable bonds is 9. The summed E-state index contributed by atoms with van der Waals surface area (Å²) in [6.07, 6.45) is 5.55. The Labute approximate surface area is 186 Å². The zero-order chi connectivity index (χ0) is 22.9. The predicted octanol–water partition coefficient (Wildman–Crippen LogP) is 5.73. The van der Waals surface area contributed by atoms with Crippen molar-refractivity contribution in [2.45, 2.75) is 34.6 Å². The van der Waals surface area contributed by atoms with E-state index in [1.807, 2.05) is 83.2 Å². The predicted molar refractivity (Wildman–Crippen MR) is 127 cm³/mol. The fourth-order valence-electron chi connectivity index (χ4n) is 2.59. The molecule has 166 valence electrons. The molecule has 0 N–H and O–H groups in total. The number of aryl methyl sites for hydroxylation is 2. The standard InChI is InChI=1S/C24H27NO4.C2H6/c1-5-6-12-28-23-15-19(2)24(20(3)16-23)29-14-8-7-13-27-22-11-9-10-21(17-22)18-25-26-4;1-2/h5-6,9-11,15-18H,12-14H2,1-4H3;1-2H3/b6-5+,25-18-;. The van der Waals surface area contributed by atoms with Crippen LogP contribution in [0.4, 0.5) is 0 Å². The Morgan fingerprint density at radius 2 is 1.58 bits per heavy atom. The fourth-order valence-corrected chi connectivity index (χ4v) is 2.59. The topological polar surface area (TPSA) is 49.3 Å². The molecule has 2 rings (SSSR count). The van der Waals surface area contributed by atoms with Crippen molar-refractivity contribution in [3.05, 3.63) is 65.2 Å². The van der Waals surface area contributed by atoms with Crippen LogP contribution in [0.2, 0.25) is 0 Å². The third-order valence-electron chi connectivity index (χ3n) is 3.91. The molecule has 0 saturated heterocycles. The normalized spacial score (nSPS) is 10.1. The summed E-state index contributed by atoms with van der Waals surface area (Å²) in [5.74, 6) is 8.34. The lowest BCUT2D eigenvalue weighted by Crippen LogP contribution is -2.01. The number of ether oxygens (including phenoxy) is 3. The van der Waals surface area contributed by atoms with Gasteiger partial charge in [-0.3, -0.25) is 0 Å². The van der Waals surface area contributed by atoms with Crippen LogP contribution >= 0.6 is 0 Å². The van der Waals surface area contributed by atoms with Crippen molar-refractivity contribution >= 4 is 6.21 Å². The summed E-state index contributed by atoms with van der Waals surface area (Å²) in [5.41, 5.74) is 2.94. The minimum atomic E-state index is 0.282. The van der Waals surface area contributed by atoms with Gasteiger partial charge in [-0.25, -0.2) is 0 Å². The summed E-state index contributed by atoms with van der Waals surface area (Å²) in [6.45, 7) is 11.1. The molecule has 0 spiro atoms. The van der Waals surface area contributed by atoms with Gasteiger partial charge in [0.1, 0.15) is 44.2 Å². The molecule has 0 fully saturated rings. The van der Waals surface area contributed by atoms with E-state index < -0.39 is 0 Å². The highest BCUT2D eigenvalue weighted by molar-refractivity contribution is 5.79. The van der Waals surface area contributed by atoms with E-state index in [0.717, 1.165) is 33.9 Å². The van der Waals surface area contributed by atoms with Gasteiger partial charge in [0.05, 0.1) is 6.21 Å². The van der Waals surface area contributed by atoms with Crippen molar-refractivity contribution in [2.24, 2.45) is 5.16 Å². The molecule has 2 aromatic rings. The quantitative estimate of drug-likeness (QED) is 0.224. The van der Waals surface area contributed by atoms with Gasteiger partial charge in [-0.2, -0.15) is 0 Å². The van der Waals surface area contributed by atoms with Crippen molar-refractivity contribution in [2.75, 3.05) is 26.9 Å². The van der Waals surface area contributed by atoms with Gasteiger partial charge in [0, 0.05) is 0 Å².